The molecule has 5 rings (SSSR count). The zero-order chi connectivity index (χ0) is 26.4. The molecule has 0 amide bonds. The van der Waals surface area contributed by atoms with E-state index in [1.807, 2.05) is 49.3 Å². The van der Waals surface area contributed by atoms with Gasteiger partial charge in [-0.05, 0) is 38.1 Å². The Kier molecular flexibility index (Phi) is 8.95. The maximum Gasteiger partial charge on any atom is 0.266 e. The van der Waals surface area contributed by atoms with E-state index in [4.69, 9.17) is 5.11 Å². The molecular formula is C25H33F2N7O2S. The molecule has 0 unspecified atom stereocenters. The molecule has 12 heteroatoms. The number of hydrogen-bond acceptors (Lipinski definition) is 8. The minimum atomic E-state index is -2.57. The summed E-state index contributed by atoms with van der Waals surface area (Å²) in [5, 5.41) is 12.1. The number of hydrogen-bond donors (Lipinski definition) is 2. The van der Waals surface area contributed by atoms with Crippen molar-refractivity contribution in [2.75, 3.05) is 38.2 Å². The predicted octanol–water partition coefficient (Wildman–Crippen LogP) is 2.97. The first-order chi connectivity index (χ1) is 17.8. The lowest BCUT2D eigenvalue weighted by molar-refractivity contribution is 0.0256. The van der Waals surface area contributed by atoms with Crippen LogP contribution in [0.2, 0.25) is 0 Å². The molecule has 0 aliphatic carbocycles. The number of aldehydes is 1. The molecule has 0 aromatic carbocycles. The molecule has 3 aromatic heterocycles. The van der Waals surface area contributed by atoms with Gasteiger partial charge >= 0.3 is 0 Å². The number of nitrogens with one attached hydrogen (secondary N) is 1. The smallest absolute Gasteiger partial charge is 0.266 e. The summed E-state index contributed by atoms with van der Waals surface area (Å²) in [6, 6.07) is 5.63. The van der Waals surface area contributed by atoms with Gasteiger partial charge in [-0.25, -0.2) is 23.1 Å². The van der Waals surface area contributed by atoms with Gasteiger partial charge in [0.2, 0.25) is 0 Å². The van der Waals surface area contributed by atoms with Crippen molar-refractivity contribution < 1.29 is 18.7 Å². The average Bonchev–Trinajstić information content (AvgIpc) is 3.58. The second-order valence-electron chi connectivity index (χ2n) is 9.09. The number of anilines is 1. The van der Waals surface area contributed by atoms with E-state index in [0.717, 1.165) is 42.1 Å². The van der Waals surface area contributed by atoms with Gasteiger partial charge in [-0.15, -0.1) is 0 Å². The molecule has 37 heavy (non-hydrogen) atoms. The summed E-state index contributed by atoms with van der Waals surface area (Å²) < 4.78 is 32.5. The van der Waals surface area contributed by atoms with Crippen LogP contribution in [0.15, 0.2) is 41.8 Å². The van der Waals surface area contributed by atoms with Crippen molar-refractivity contribution in [3.8, 4) is 0 Å². The summed E-state index contributed by atoms with van der Waals surface area (Å²) in [4.78, 5) is 22.2. The number of rotatable bonds is 8. The minimum Gasteiger partial charge on any atom is -0.395 e. The van der Waals surface area contributed by atoms with E-state index in [2.05, 4.69) is 24.2 Å². The van der Waals surface area contributed by atoms with Crippen molar-refractivity contribution in [3.05, 3.63) is 59.6 Å². The number of aromatic nitrogens is 4. The molecule has 2 aliphatic rings. The highest BCUT2D eigenvalue weighted by Crippen LogP contribution is 2.32. The third kappa shape index (κ3) is 6.56. The van der Waals surface area contributed by atoms with Gasteiger partial charge in [0.25, 0.3) is 5.92 Å². The molecule has 0 spiro atoms. The fraction of sp³-hybridized carbons (Fsp3) is 0.480. The first kappa shape index (κ1) is 27.2. The summed E-state index contributed by atoms with van der Waals surface area (Å²) >= 11 is 1.67. The SMILES string of the molecule is CNCc1cccnc1N1CCC(F)(F)C1.Cc1c(SN2CCn3cncc3C2)cc(C=O)n1CCO. The van der Waals surface area contributed by atoms with Crippen LogP contribution in [0.5, 0.6) is 0 Å². The molecule has 1 saturated heterocycles. The first-order valence-corrected chi connectivity index (χ1v) is 13.0. The van der Waals surface area contributed by atoms with E-state index in [9.17, 15) is 13.6 Å². The van der Waals surface area contributed by atoms with Gasteiger partial charge in [-0.1, -0.05) is 6.07 Å². The fourth-order valence-electron chi connectivity index (χ4n) is 4.57. The van der Waals surface area contributed by atoms with Gasteiger partial charge in [0.05, 0.1) is 37.4 Å². The number of alkyl halides is 2. The maximum absolute atomic E-state index is 13.1. The summed E-state index contributed by atoms with van der Waals surface area (Å²) in [6.45, 7) is 5.97. The summed E-state index contributed by atoms with van der Waals surface area (Å²) in [6.07, 6.45) is 6.17. The molecule has 0 saturated carbocycles. The number of halogens is 2. The van der Waals surface area contributed by atoms with E-state index < -0.39 is 5.92 Å². The Morgan fingerprint density at radius 2 is 2.14 bits per heavy atom. The average molecular weight is 534 g/mol. The van der Waals surface area contributed by atoms with Crippen molar-refractivity contribution in [2.45, 2.75) is 50.3 Å². The third-order valence-electron chi connectivity index (χ3n) is 6.46. The number of carbonyl (C=O) groups is 1. The van der Waals surface area contributed by atoms with Crippen molar-refractivity contribution >= 4 is 24.1 Å². The Bertz CT molecular complexity index is 1200. The number of nitrogens with zero attached hydrogens (tertiary/aromatic N) is 6. The van der Waals surface area contributed by atoms with E-state index in [1.165, 1.54) is 5.69 Å². The zero-order valence-electron chi connectivity index (χ0n) is 21.1. The van der Waals surface area contributed by atoms with Gasteiger partial charge in [0.1, 0.15) is 5.82 Å². The van der Waals surface area contributed by atoms with Gasteiger partial charge < -0.3 is 24.5 Å². The Balaban J connectivity index is 0.000000180. The normalized spacial score (nSPS) is 16.8. The van der Waals surface area contributed by atoms with Gasteiger partial charge in [0.15, 0.2) is 6.29 Å². The number of aliphatic hydroxyl groups excluding tert-OH is 1. The Morgan fingerprint density at radius 3 is 2.84 bits per heavy atom. The molecule has 2 aliphatic heterocycles. The van der Waals surface area contributed by atoms with Crippen LogP contribution in [0.1, 0.15) is 33.9 Å². The zero-order valence-corrected chi connectivity index (χ0v) is 21.9. The maximum atomic E-state index is 13.1. The quantitative estimate of drug-likeness (QED) is 0.338. The van der Waals surface area contributed by atoms with E-state index in [-0.39, 0.29) is 19.6 Å². The number of imidazole rings is 1. The highest BCUT2D eigenvalue weighted by atomic mass is 32.2. The predicted molar refractivity (Wildman–Crippen MR) is 139 cm³/mol. The monoisotopic (exact) mass is 533 g/mol. The van der Waals surface area contributed by atoms with E-state index in [0.29, 0.717) is 31.1 Å². The van der Waals surface area contributed by atoms with Crippen LogP contribution in [-0.2, 0) is 26.2 Å². The number of aliphatic hydroxyl groups is 1. The van der Waals surface area contributed by atoms with Gasteiger partial charge in [-0.3, -0.25) is 4.79 Å². The van der Waals surface area contributed by atoms with Crippen LogP contribution < -0.4 is 10.2 Å². The van der Waals surface area contributed by atoms with Crippen molar-refractivity contribution in [1.29, 1.82) is 0 Å². The van der Waals surface area contributed by atoms with Crippen LogP contribution in [0.3, 0.4) is 0 Å². The van der Waals surface area contributed by atoms with Gasteiger partial charge in [-0.2, -0.15) is 0 Å². The summed E-state index contributed by atoms with van der Waals surface area (Å²) in [5.41, 5.74) is 3.81. The second kappa shape index (κ2) is 12.2. The lowest BCUT2D eigenvalue weighted by Gasteiger charge is -2.26. The van der Waals surface area contributed by atoms with E-state index >= 15 is 0 Å². The molecule has 200 valence electrons. The fourth-order valence-corrected chi connectivity index (χ4v) is 5.63. The van der Waals surface area contributed by atoms with Crippen molar-refractivity contribution in [3.63, 3.8) is 0 Å². The molecule has 1 fully saturated rings. The Labute approximate surface area is 219 Å². The first-order valence-electron chi connectivity index (χ1n) is 12.2. The molecule has 2 N–H and O–H groups in total. The lowest BCUT2D eigenvalue weighted by Crippen LogP contribution is -2.27. The number of pyridine rings is 1. The van der Waals surface area contributed by atoms with Crippen LogP contribution in [-0.4, -0.2) is 74.0 Å². The summed E-state index contributed by atoms with van der Waals surface area (Å²) in [5.74, 6) is -1.90. The molecule has 9 nitrogen and oxygen atoms in total. The standard InChI is InChI=1S/C14H18N4O2S.C11H15F2N3/c1-11-14(6-12(9-20)18(11)4-5-19)21-17-3-2-16-10-15-7-13(16)8-17;1-14-7-9-3-2-5-15-10(9)16-6-4-11(12,13)8-16/h6-7,9-10,19H,2-5,8H2,1H3;2-3,5,14H,4,6-8H2,1H3. The second-order valence-corrected chi connectivity index (χ2v) is 10.2. The largest absolute Gasteiger partial charge is 0.395 e. The topological polar surface area (TPSA) is 91.5 Å². The molecule has 5 heterocycles. The van der Waals surface area contributed by atoms with E-state index in [1.54, 1.807) is 23.0 Å². The van der Waals surface area contributed by atoms with Crippen LogP contribution in [0, 0.1) is 6.92 Å². The van der Waals surface area contributed by atoms with Crippen LogP contribution in [0.4, 0.5) is 14.6 Å². The number of fused-ring (bicyclic) bond motifs is 1. The molecule has 0 bridgehead atoms. The highest BCUT2D eigenvalue weighted by molar-refractivity contribution is 7.97. The molecule has 0 radical (unpaired) electrons. The van der Waals surface area contributed by atoms with Crippen molar-refractivity contribution in [2.24, 2.45) is 0 Å². The Morgan fingerprint density at radius 1 is 1.30 bits per heavy atom. The third-order valence-corrected chi connectivity index (χ3v) is 7.63. The molecular weight excluding hydrogens is 500 g/mol. The van der Waals surface area contributed by atoms with Crippen LogP contribution >= 0.6 is 11.9 Å². The Hall–Kier alpha value is -2.80. The minimum absolute atomic E-state index is 0.0311. The van der Waals surface area contributed by atoms with Gasteiger partial charge in [0, 0.05) is 67.7 Å². The van der Waals surface area contributed by atoms with Crippen LogP contribution in [0.25, 0.3) is 0 Å². The van der Waals surface area contributed by atoms with Crippen molar-refractivity contribution in [1.82, 2.24) is 28.7 Å². The molecule has 3 aromatic rings. The number of carbonyl (C=O) groups excluding carboxylic acids is 1. The highest BCUT2D eigenvalue weighted by Gasteiger charge is 2.39. The lowest BCUT2D eigenvalue weighted by atomic mass is 10.2. The summed E-state index contributed by atoms with van der Waals surface area (Å²) in [7, 11) is 1.83. The molecule has 0 atom stereocenters.